The number of benzene rings is 1. The van der Waals surface area contributed by atoms with E-state index in [1.807, 2.05) is 6.07 Å². The number of primary amides is 1. The topological polar surface area (TPSA) is 108 Å². The molecule has 1 aromatic carbocycles. The van der Waals surface area contributed by atoms with Crippen LogP contribution >= 0.6 is 34.5 Å². The zero-order chi connectivity index (χ0) is 21.6. The fraction of sp³-hybridized carbons (Fsp3) is 0.278. The molecule has 29 heavy (non-hydrogen) atoms. The van der Waals surface area contributed by atoms with E-state index in [4.69, 9.17) is 43.1 Å². The zero-order valence-corrected chi connectivity index (χ0v) is 17.9. The van der Waals surface area contributed by atoms with Gasteiger partial charge in [0.25, 0.3) is 11.8 Å². The van der Waals surface area contributed by atoms with Crippen LogP contribution in [0.3, 0.4) is 0 Å². The maximum Gasteiger partial charge on any atom is 0.338 e. The number of esters is 1. The first-order valence-corrected chi connectivity index (χ1v) is 9.72. The lowest BCUT2D eigenvalue weighted by Gasteiger charge is -2.16. The molecule has 1 aromatic heterocycles. The van der Waals surface area contributed by atoms with Gasteiger partial charge in [-0.05, 0) is 24.3 Å². The van der Waals surface area contributed by atoms with E-state index >= 15 is 0 Å². The average Bonchev–Trinajstić information content (AvgIpc) is 3.08. The number of nitrogens with zero attached hydrogens (tertiary/aromatic N) is 1. The molecule has 0 unspecified atom stereocenters. The van der Waals surface area contributed by atoms with E-state index in [2.05, 4.69) is 0 Å². The van der Waals surface area contributed by atoms with Crippen molar-refractivity contribution in [1.29, 1.82) is 0 Å². The number of carbonyl (C=O) groups excluding carboxylic acids is 3. The van der Waals surface area contributed by atoms with Crippen LogP contribution in [-0.4, -0.2) is 50.1 Å². The van der Waals surface area contributed by atoms with Crippen LogP contribution in [0.1, 0.15) is 15.2 Å². The summed E-state index contributed by atoms with van der Waals surface area (Å²) >= 11 is 13.3. The number of nitrogens with two attached hydrogens (primary N) is 1. The van der Waals surface area contributed by atoms with Gasteiger partial charge in [0.15, 0.2) is 24.7 Å². The average molecular weight is 461 g/mol. The van der Waals surface area contributed by atoms with E-state index in [-0.39, 0.29) is 28.0 Å². The first kappa shape index (κ1) is 22.8. The van der Waals surface area contributed by atoms with Crippen LogP contribution in [0.4, 0.5) is 0 Å². The van der Waals surface area contributed by atoms with Crippen molar-refractivity contribution in [1.82, 2.24) is 4.90 Å². The summed E-state index contributed by atoms with van der Waals surface area (Å²) in [7, 11) is 2.93. The number of rotatable bonds is 9. The third-order valence-corrected chi connectivity index (χ3v) is 5.09. The van der Waals surface area contributed by atoms with Gasteiger partial charge in [-0.2, -0.15) is 0 Å². The number of hydrogen-bond acceptors (Lipinski definition) is 7. The number of carbonyl (C=O) groups is 3. The number of halogens is 2. The molecule has 2 aromatic rings. The SMILES string of the molecule is COc1cc(C(=O)OCC(=O)N(C)Cc2ccc(Cl)s2)cc(Cl)c1OCC(N)=O. The summed E-state index contributed by atoms with van der Waals surface area (Å²) in [6.07, 6.45) is 0. The summed E-state index contributed by atoms with van der Waals surface area (Å²) < 4.78 is 16.0. The van der Waals surface area contributed by atoms with Crippen LogP contribution in [0, 0.1) is 0 Å². The molecule has 2 N–H and O–H groups in total. The highest BCUT2D eigenvalue weighted by Crippen LogP contribution is 2.36. The predicted molar refractivity (Wildman–Crippen MR) is 109 cm³/mol. The van der Waals surface area contributed by atoms with Crippen LogP contribution in [0.25, 0.3) is 0 Å². The fourth-order valence-electron chi connectivity index (χ4n) is 2.20. The van der Waals surface area contributed by atoms with Crippen LogP contribution < -0.4 is 15.2 Å². The van der Waals surface area contributed by atoms with Crippen LogP contribution in [-0.2, 0) is 20.9 Å². The van der Waals surface area contributed by atoms with Gasteiger partial charge in [-0.3, -0.25) is 9.59 Å². The normalized spacial score (nSPS) is 10.3. The Balaban J connectivity index is 1.99. The Morgan fingerprint density at radius 2 is 1.90 bits per heavy atom. The maximum absolute atomic E-state index is 12.3. The number of methoxy groups -OCH3 is 1. The van der Waals surface area contributed by atoms with Gasteiger partial charge in [0, 0.05) is 11.9 Å². The maximum atomic E-state index is 12.3. The molecular formula is C18H18Cl2N2O6S. The van der Waals surface area contributed by atoms with Crippen molar-refractivity contribution in [3.63, 3.8) is 0 Å². The molecule has 1 heterocycles. The van der Waals surface area contributed by atoms with Gasteiger partial charge in [0.2, 0.25) is 0 Å². The second-order valence-electron chi connectivity index (χ2n) is 5.78. The lowest BCUT2D eigenvalue weighted by Crippen LogP contribution is -2.30. The van der Waals surface area contributed by atoms with E-state index in [9.17, 15) is 14.4 Å². The second-order valence-corrected chi connectivity index (χ2v) is 7.98. The lowest BCUT2D eigenvalue weighted by molar-refractivity contribution is -0.133. The largest absolute Gasteiger partial charge is 0.493 e. The van der Waals surface area contributed by atoms with E-state index in [1.54, 1.807) is 13.1 Å². The Morgan fingerprint density at radius 3 is 2.48 bits per heavy atom. The molecule has 0 saturated heterocycles. The third kappa shape index (κ3) is 6.52. The van der Waals surface area contributed by atoms with Crippen molar-refractivity contribution in [3.05, 3.63) is 44.1 Å². The summed E-state index contributed by atoms with van der Waals surface area (Å²) in [5.41, 5.74) is 5.09. The van der Waals surface area contributed by atoms with Crippen molar-refractivity contribution < 1.29 is 28.6 Å². The number of ether oxygens (including phenoxy) is 3. The second kappa shape index (κ2) is 10.3. The molecule has 0 aliphatic rings. The molecule has 156 valence electrons. The van der Waals surface area contributed by atoms with Gasteiger partial charge < -0.3 is 24.8 Å². The molecule has 0 radical (unpaired) electrons. The van der Waals surface area contributed by atoms with Gasteiger partial charge in [-0.15, -0.1) is 11.3 Å². The van der Waals surface area contributed by atoms with Crippen molar-refractivity contribution >= 4 is 52.3 Å². The number of amides is 2. The van der Waals surface area contributed by atoms with Crippen LogP contribution in [0.5, 0.6) is 11.5 Å². The Hall–Kier alpha value is -2.49. The predicted octanol–water partition coefficient (Wildman–Crippen LogP) is 2.74. The summed E-state index contributed by atoms with van der Waals surface area (Å²) in [5.74, 6) is -1.67. The van der Waals surface area contributed by atoms with Crippen molar-refractivity contribution in [2.75, 3.05) is 27.4 Å². The molecule has 0 spiro atoms. The minimum absolute atomic E-state index is 0.0237. The minimum Gasteiger partial charge on any atom is -0.493 e. The Kier molecular flexibility index (Phi) is 8.12. The molecule has 0 fully saturated rings. The van der Waals surface area contributed by atoms with Gasteiger partial charge in [-0.25, -0.2) is 4.79 Å². The Bertz CT molecular complexity index is 918. The van der Waals surface area contributed by atoms with E-state index in [0.29, 0.717) is 10.9 Å². The van der Waals surface area contributed by atoms with Crippen molar-refractivity contribution in [2.24, 2.45) is 5.73 Å². The molecule has 0 atom stereocenters. The van der Waals surface area contributed by atoms with Crippen LogP contribution in [0.15, 0.2) is 24.3 Å². The number of hydrogen-bond donors (Lipinski definition) is 1. The standard InChI is InChI=1S/C18H18Cl2N2O6S/c1-22(7-11-3-4-14(20)29-11)16(24)9-28-18(25)10-5-12(19)17(13(6-10)26-2)27-8-15(21)23/h3-6H,7-9H2,1-2H3,(H2,21,23). The minimum atomic E-state index is -0.771. The molecular weight excluding hydrogens is 443 g/mol. The van der Waals surface area contributed by atoms with Crippen LogP contribution in [0.2, 0.25) is 9.36 Å². The number of likely N-dealkylation sites (N-methyl/N-ethyl adjacent to an activating group) is 1. The highest BCUT2D eigenvalue weighted by atomic mass is 35.5. The number of thiophene rings is 1. The van der Waals surface area contributed by atoms with Crippen molar-refractivity contribution in [2.45, 2.75) is 6.54 Å². The van der Waals surface area contributed by atoms with E-state index < -0.39 is 25.1 Å². The van der Waals surface area contributed by atoms with Crippen molar-refractivity contribution in [3.8, 4) is 11.5 Å². The highest BCUT2D eigenvalue weighted by molar-refractivity contribution is 7.16. The smallest absolute Gasteiger partial charge is 0.338 e. The molecule has 2 amide bonds. The summed E-state index contributed by atoms with van der Waals surface area (Å²) in [6, 6.07) is 6.17. The summed E-state index contributed by atoms with van der Waals surface area (Å²) in [4.78, 5) is 37.7. The molecule has 2 rings (SSSR count). The fourth-order valence-corrected chi connectivity index (χ4v) is 3.61. The Labute approximate surface area is 181 Å². The molecule has 0 saturated carbocycles. The zero-order valence-electron chi connectivity index (χ0n) is 15.6. The molecule has 0 bridgehead atoms. The lowest BCUT2D eigenvalue weighted by atomic mass is 10.2. The molecule has 11 heteroatoms. The van der Waals surface area contributed by atoms with Gasteiger partial charge in [0.05, 0.1) is 28.6 Å². The van der Waals surface area contributed by atoms with E-state index in [1.165, 1.54) is 35.5 Å². The highest BCUT2D eigenvalue weighted by Gasteiger charge is 2.19. The van der Waals surface area contributed by atoms with E-state index in [0.717, 1.165) is 4.88 Å². The molecule has 0 aliphatic heterocycles. The molecule has 8 nitrogen and oxygen atoms in total. The summed E-state index contributed by atoms with van der Waals surface area (Å²) in [5, 5.41) is 0.0237. The quantitative estimate of drug-likeness (QED) is 0.576. The van der Waals surface area contributed by atoms with Gasteiger partial charge in [0.1, 0.15) is 0 Å². The third-order valence-electron chi connectivity index (χ3n) is 3.60. The van der Waals surface area contributed by atoms with Gasteiger partial charge in [-0.1, -0.05) is 23.2 Å². The molecule has 0 aliphatic carbocycles. The first-order valence-electron chi connectivity index (χ1n) is 8.15. The first-order chi connectivity index (χ1) is 13.7. The van der Waals surface area contributed by atoms with Gasteiger partial charge >= 0.3 is 5.97 Å². The monoisotopic (exact) mass is 460 g/mol. The Morgan fingerprint density at radius 1 is 1.17 bits per heavy atom. The summed E-state index contributed by atoms with van der Waals surface area (Å²) in [6.45, 7) is -0.510.